The molecule has 1 unspecified atom stereocenters. The largest absolute Gasteiger partial charge is 0.454 e. The number of nitrogens with zero attached hydrogens (tertiary/aromatic N) is 2. The summed E-state index contributed by atoms with van der Waals surface area (Å²) in [4.78, 5) is 13.5. The summed E-state index contributed by atoms with van der Waals surface area (Å²) in [6.07, 6.45) is 2.26. The number of fused-ring (bicyclic) bond motifs is 1. The highest BCUT2D eigenvalue weighted by molar-refractivity contribution is 5.76. The minimum Gasteiger partial charge on any atom is -0.454 e. The van der Waals surface area contributed by atoms with Crippen LogP contribution in [0.2, 0.25) is 0 Å². The summed E-state index contributed by atoms with van der Waals surface area (Å²) in [5, 5.41) is 9.36. The molecule has 0 aromatic heterocycles. The summed E-state index contributed by atoms with van der Waals surface area (Å²) in [5.74, 6) is 1.28. The lowest BCUT2D eigenvalue weighted by atomic mass is 10.1. The lowest BCUT2D eigenvalue weighted by Crippen LogP contribution is -2.30. The summed E-state index contributed by atoms with van der Waals surface area (Å²) < 4.78 is 10.5. The molecule has 0 saturated carbocycles. The maximum absolute atomic E-state index is 12.0. The Balaban J connectivity index is 2.16. The van der Waals surface area contributed by atoms with Crippen molar-refractivity contribution in [3.05, 3.63) is 23.8 Å². The summed E-state index contributed by atoms with van der Waals surface area (Å²) in [6, 6.07) is 6.90. The molecule has 2 rings (SSSR count). The van der Waals surface area contributed by atoms with E-state index in [2.05, 4.69) is 6.07 Å². The minimum atomic E-state index is -0.603. The van der Waals surface area contributed by atoms with Gasteiger partial charge in [0, 0.05) is 13.5 Å². The van der Waals surface area contributed by atoms with Gasteiger partial charge in [0.2, 0.25) is 12.7 Å². The highest BCUT2D eigenvalue weighted by Gasteiger charge is 2.23. The first-order chi connectivity index (χ1) is 9.67. The maximum Gasteiger partial charge on any atom is 0.231 e. The number of nitriles is 1. The van der Waals surface area contributed by atoms with Crippen LogP contribution in [0.4, 0.5) is 0 Å². The molecule has 1 amide bonds. The molecule has 0 saturated heterocycles. The Kier molecular flexibility index (Phi) is 4.46. The van der Waals surface area contributed by atoms with Crippen molar-refractivity contribution in [2.24, 2.45) is 0 Å². The van der Waals surface area contributed by atoms with Crippen molar-refractivity contribution in [2.45, 2.75) is 32.2 Å². The van der Waals surface area contributed by atoms with Crippen molar-refractivity contribution >= 4 is 5.91 Å². The monoisotopic (exact) mass is 274 g/mol. The predicted octanol–water partition coefficient (Wildman–Crippen LogP) is 2.63. The zero-order chi connectivity index (χ0) is 14.5. The number of carbonyl (C=O) groups excluding carboxylic acids is 1. The van der Waals surface area contributed by atoms with Gasteiger partial charge >= 0.3 is 0 Å². The molecule has 0 spiro atoms. The molecule has 1 aliphatic heterocycles. The number of unbranched alkanes of at least 4 members (excludes halogenated alkanes) is 1. The van der Waals surface area contributed by atoms with Crippen LogP contribution in [0, 0.1) is 11.3 Å². The third-order valence-electron chi connectivity index (χ3n) is 3.36. The van der Waals surface area contributed by atoms with Gasteiger partial charge in [0.1, 0.15) is 6.04 Å². The van der Waals surface area contributed by atoms with Crippen LogP contribution < -0.4 is 9.47 Å². The molecule has 0 bridgehead atoms. The first-order valence-electron chi connectivity index (χ1n) is 6.72. The summed E-state index contributed by atoms with van der Waals surface area (Å²) in [5.41, 5.74) is 0.740. The quantitative estimate of drug-likeness (QED) is 0.828. The van der Waals surface area contributed by atoms with Crippen molar-refractivity contribution in [3.8, 4) is 17.6 Å². The zero-order valence-electron chi connectivity index (χ0n) is 11.8. The van der Waals surface area contributed by atoms with Crippen LogP contribution in [0.15, 0.2) is 18.2 Å². The van der Waals surface area contributed by atoms with Gasteiger partial charge < -0.3 is 14.4 Å². The van der Waals surface area contributed by atoms with E-state index in [1.54, 1.807) is 25.2 Å². The number of benzene rings is 1. The second kappa shape index (κ2) is 6.29. The van der Waals surface area contributed by atoms with Crippen LogP contribution in [0.3, 0.4) is 0 Å². The van der Waals surface area contributed by atoms with Crippen molar-refractivity contribution in [2.75, 3.05) is 13.8 Å². The van der Waals surface area contributed by atoms with Crippen molar-refractivity contribution in [3.63, 3.8) is 0 Å². The van der Waals surface area contributed by atoms with Crippen molar-refractivity contribution in [1.82, 2.24) is 4.90 Å². The highest BCUT2D eigenvalue weighted by Crippen LogP contribution is 2.35. The normalized spacial score (nSPS) is 13.7. The molecule has 0 radical (unpaired) electrons. The van der Waals surface area contributed by atoms with Crippen LogP contribution in [0.25, 0.3) is 0 Å². The van der Waals surface area contributed by atoms with Crippen molar-refractivity contribution < 1.29 is 14.3 Å². The Morgan fingerprint density at radius 3 is 2.90 bits per heavy atom. The van der Waals surface area contributed by atoms with Crippen LogP contribution >= 0.6 is 0 Å². The van der Waals surface area contributed by atoms with Gasteiger partial charge in [0.25, 0.3) is 0 Å². The summed E-state index contributed by atoms with van der Waals surface area (Å²) >= 11 is 0. The lowest BCUT2D eigenvalue weighted by molar-refractivity contribution is -0.131. The number of hydrogen-bond acceptors (Lipinski definition) is 4. The average Bonchev–Trinajstić information content (AvgIpc) is 2.93. The molecular formula is C15H18N2O3. The third-order valence-corrected chi connectivity index (χ3v) is 3.36. The Hall–Kier alpha value is -2.22. The van der Waals surface area contributed by atoms with Crippen LogP contribution in [0.1, 0.15) is 37.8 Å². The fourth-order valence-electron chi connectivity index (χ4n) is 2.12. The fraction of sp³-hybridized carbons (Fsp3) is 0.467. The minimum absolute atomic E-state index is 0.0175. The van der Waals surface area contributed by atoms with Gasteiger partial charge in [0.15, 0.2) is 11.5 Å². The van der Waals surface area contributed by atoms with Gasteiger partial charge in [-0.25, -0.2) is 0 Å². The Morgan fingerprint density at radius 1 is 1.45 bits per heavy atom. The Morgan fingerprint density at radius 2 is 2.20 bits per heavy atom. The fourth-order valence-corrected chi connectivity index (χ4v) is 2.12. The molecule has 5 heteroatoms. The van der Waals surface area contributed by atoms with Gasteiger partial charge in [-0.3, -0.25) is 4.79 Å². The number of hydrogen-bond donors (Lipinski definition) is 0. The van der Waals surface area contributed by atoms with E-state index >= 15 is 0 Å². The molecule has 1 atom stereocenters. The molecule has 0 aliphatic carbocycles. The van der Waals surface area contributed by atoms with E-state index in [0.717, 1.165) is 18.4 Å². The zero-order valence-corrected chi connectivity index (χ0v) is 11.8. The average molecular weight is 274 g/mol. The Labute approximate surface area is 118 Å². The summed E-state index contributed by atoms with van der Waals surface area (Å²) in [7, 11) is 1.66. The van der Waals surface area contributed by atoms with E-state index in [4.69, 9.17) is 9.47 Å². The van der Waals surface area contributed by atoms with Gasteiger partial charge in [-0.1, -0.05) is 19.4 Å². The molecule has 106 valence electrons. The van der Waals surface area contributed by atoms with Crippen LogP contribution in [0.5, 0.6) is 11.5 Å². The highest BCUT2D eigenvalue weighted by atomic mass is 16.7. The third kappa shape index (κ3) is 2.85. The van der Waals surface area contributed by atoms with E-state index < -0.39 is 6.04 Å². The Bertz CT molecular complexity index is 536. The van der Waals surface area contributed by atoms with Gasteiger partial charge in [-0.2, -0.15) is 5.26 Å². The van der Waals surface area contributed by atoms with E-state index in [9.17, 15) is 10.1 Å². The first kappa shape index (κ1) is 14.2. The second-order valence-electron chi connectivity index (χ2n) is 4.75. The molecule has 0 fully saturated rings. The number of ether oxygens (including phenoxy) is 2. The van der Waals surface area contributed by atoms with E-state index in [1.165, 1.54) is 4.90 Å². The number of rotatable bonds is 5. The molecule has 1 heterocycles. The van der Waals surface area contributed by atoms with E-state index in [-0.39, 0.29) is 12.7 Å². The standard InChI is InChI=1S/C15H18N2O3/c1-3-4-5-15(18)17(2)12(9-16)11-6-7-13-14(8-11)20-10-19-13/h6-8,12H,3-5,10H2,1-2H3. The molecule has 1 aromatic rings. The number of carbonyl (C=O) groups is 1. The van der Waals surface area contributed by atoms with Crippen LogP contribution in [-0.4, -0.2) is 24.6 Å². The molecule has 1 aliphatic rings. The molecule has 1 aromatic carbocycles. The topological polar surface area (TPSA) is 62.6 Å². The predicted molar refractivity (Wildman–Crippen MR) is 73.2 cm³/mol. The smallest absolute Gasteiger partial charge is 0.231 e. The SMILES string of the molecule is CCCCC(=O)N(C)C(C#N)c1ccc2c(c1)OCO2. The van der Waals surface area contributed by atoms with Gasteiger partial charge in [-0.05, 0) is 24.1 Å². The molecular weight excluding hydrogens is 256 g/mol. The van der Waals surface area contributed by atoms with E-state index in [1.807, 2.05) is 6.92 Å². The second-order valence-corrected chi connectivity index (χ2v) is 4.75. The van der Waals surface area contributed by atoms with Crippen LogP contribution in [-0.2, 0) is 4.79 Å². The van der Waals surface area contributed by atoms with Gasteiger partial charge in [-0.15, -0.1) is 0 Å². The van der Waals surface area contributed by atoms with Gasteiger partial charge in [0.05, 0.1) is 6.07 Å². The first-order valence-corrected chi connectivity index (χ1v) is 6.72. The van der Waals surface area contributed by atoms with E-state index in [0.29, 0.717) is 17.9 Å². The summed E-state index contributed by atoms with van der Waals surface area (Å²) in [6.45, 7) is 2.23. The number of amides is 1. The molecule has 5 nitrogen and oxygen atoms in total. The van der Waals surface area contributed by atoms with Crippen molar-refractivity contribution in [1.29, 1.82) is 5.26 Å². The molecule has 0 N–H and O–H groups in total. The lowest BCUT2D eigenvalue weighted by Gasteiger charge is -2.23. The molecule has 20 heavy (non-hydrogen) atoms. The maximum atomic E-state index is 12.0.